The third-order valence-corrected chi connectivity index (χ3v) is 5.88. The van der Waals surface area contributed by atoms with E-state index in [2.05, 4.69) is 35.6 Å². The average molecular weight is 344 g/mol. The number of amides is 1. The number of thioether (sulfide) groups is 2. The van der Waals surface area contributed by atoms with Crippen molar-refractivity contribution < 1.29 is 4.79 Å². The first-order chi connectivity index (χ1) is 11.3. The molecule has 0 radical (unpaired) electrons. The Bertz CT molecular complexity index is 658. The summed E-state index contributed by atoms with van der Waals surface area (Å²) < 4.78 is 0. The highest BCUT2D eigenvalue weighted by molar-refractivity contribution is 8.00. The average Bonchev–Trinajstić information content (AvgIpc) is 3.05. The normalized spacial score (nSPS) is 12.9. The number of hydrogen-bond donors (Lipinski definition) is 1. The number of fused-ring (bicyclic) bond motifs is 1. The molecule has 2 nitrogen and oxygen atoms in total. The smallest absolute Gasteiger partial charge is 0.230 e. The van der Waals surface area contributed by atoms with Crippen LogP contribution in [0.4, 0.5) is 0 Å². The van der Waals surface area contributed by atoms with Crippen molar-refractivity contribution in [1.29, 1.82) is 0 Å². The highest BCUT2D eigenvalue weighted by atomic mass is 32.2. The lowest BCUT2D eigenvalue weighted by Crippen LogP contribution is -2.27. The fourth-order valence-corrected chi connectivity index (χ4v) is 4.29. The summed E-state index contributed by atoms with van der Waals surface area (Å²) >= 11 is 3.40. The van der Waals surface area contributed by atoms with Crippen LogP contribution in [0, 0.1) is 0 Å². The summed E-state index contributed by atoms with van der Waals surface area (Å²) in [6, 6.07) is 16.9. The fraction of sp³-hybridized carbons (Fsp3) is 0.316. The number of rotatable bonds is 7. The van der Waals surface area contributed by atoms with E-state index in [0.717, 1.165) is 5.75 Å². The van der Waals surface area contributed by atoms with E-state index in [1.807, 2.05) is 18.2 Å². The van der Waals surface area contributed by atoms with Gasteiger partial charge in [-0.15, -0.1) is 23.5 Å². The summed E-state index contributed by atoms with van der Waals surface area (Å²) in [7, 11) is 0. The second-order valence-electron chi connectivity index (χ2n) is 5.58. The molecule has 23 heavy (non-hydrogen) atoms. The predicted molar refractivity (Wildman–Crippen MR) is 99.4 cm³/mol. The van der Waals surface area contributed by atoms with Crippen molar-refractivity contribution in [2.75, 3.05) is 18.1 Å². The van der Waals surface area contributed by atoms with Gasteiger partial charge in [0.2, 0.25) is 5.91 Å². The van der Waals surface area contributed by atoms with Crippen molar-refractivity contribution in [3.8, 4) is 0 Å². The van der Waals surface area contributed by atoms with Crippen LogP contribution in [0.3, 0.4) is 0 Å². The Balaban J connectivity index is 1.35. The van der Waals surface area contributed by atoms with Crippen molar-refractivity contribution >= 4 is 29.4 Å². The van der Waals surface area contributed by atoms with Crippen LogP contribution >= 0.6 is 23.5 Å². The maximum atomic E-state index is 11.9. The molecule has 3 rings (SSSR count). The number of carbonyl (C=O) groups is 1. The maximum absolute atomic E-state index is 11.9. The summed E-state index contributed by atoms with van der Waals surface area (Å²) in [5.74, 6) is 1.51. The Morgan fingerprint density at radius 1 is 0.957 bits per heavy atom. The van der Waals surface area contributed by atoms with Gasteiger partial charge in [0.25, 0.3) is 0 Å². The monoisotopic (exact) mass is 343 g/mol. The minimum atomic E-state index is 0.115. The maximum Gasteiger partial charge on any atom is 0.230 e. The molecule has 1 N–H and O–H groups in total. The third-order valence-electron chi connectivity index (χ3n) is 3.88. The van der Waals surface area contributed by atoms with Crippen LogP contribution in [0.2, 0.25) is 0 Å². The molecule has 0 saturated heterocycles. The number of hydrogen-bond acceptors (Lipinski definition) is 3. The first-order valence-corrected chi connectivity index (χ1v) is 9.97. The van der Waals surface area contributed by atoms with E-state index in [1.165, 1.54) is 40.2 Å². The first kappa shape index (κ1) is 16.5. The van der Waals surface area contributed by atoms with Gasteiger partial charge in [-0.1, -0.05) is 24.3 Å². The van der Waals surface area contributed by atoms with Crippen LogP contribution < -0.4 is 5.32 Å². The molecule has 2 aromatic carbocycles. The van der Waals surface area contributed by atoms with E-state index in [-0.39, 0.29) is 5.91 Å². The summed E-state index contributed by atoms with van der Waals surface area (Å²) in [5.41, 5.74) is 2.95. The minimum Gasteiger partial charge on any atom is -0.355 e. The molecule has 0 aromatic heterocycles. The highest BCUT2D eigenvalue weighted by Crippen LogP contribution is 2.27. The van der Waals surface area contributed by atoms with Crippen molar-refractivity contribution in [2.45, 2.75) is 29.1 Å². The number of carbonyl (C=O) groups excluding carboxylic acids is 1. The van der Waals surface area contributed by atoms with Gasteiger partial charge >= 0.3 is 0 Å². The molecule has 0 spiro atoms. The number of aryl methyl sites for hydroxylation is 2. The van der Waals surface area contributed by atoms with Crippen molar-refractivity contribution in [3.63, 3.8) is 0 Å². The lowest BCUT2D eigenvalue weighted by molar-refractivity contribution is -0.118. The van der Waals surface area contributed by atoms with Gasteiger partial charge in [-0.25, -0.2) is 0 Å². The standard InChI is InChI=1S/C19H21NOS2/c21-19(20-11-12-22-17-7-2-1-3-8-17)14-23-18-10-9-15-5-4-6-16(15)13-18/h1-3,7-10,13H,4-6,11-12,14H2,(H,20,21). The summed E-state index contributed by atoms with van der Waals surface area (Å²) in [4.78, 5) is 14.4. The Hall–Kier alpha value is -1.39. The van der Waals surface area contributed by atoms with Crippen LogP contribution in [0.1, 0.15) is 17.5 Å². The van der Waals surface area contributed by atoms with Gasteiger partial charge in [-0.2, -0.15) is 0 Å². The number of nitrogens with one attached hydrogen (secondary N) is 1. The largest absolute Gasteiger partial charge is 0.355 e. The van der Waals surface area contributed by atoms with Gasteiger partial charge in [-0.3, -0.25) is 4.79 Å². The molecule has 1 amide bonds. The molecule has 0 fully saturated rings. The van der Waals surface area contributed by atoms with Gasteiger partial charge in [0.15, 0.2) is 0 Å². The zero-order valence-electron chi connectivity index (χ0n) is 13.1. The third kappa shape index (κ3) is 5.05. The molecule has 0 bridgehead atoms. The molecule has 0 saturated carbocycles. The summed E-state index contributed by atoms with van der Waals surface area (Å²) in [6.07, 6.45) is 3.66. The molecule has 1 aliphatic carbocycles. The zero-order valence-corrected chi connectivity index (χ0v) is 14.7. The van der Waals surface area contributed by atoms with Crippen LogP contribution in [-0.4, -0.2) is 24.0 Å². The van der Waals surface area contributed by atoms with Crippen molar-refractivity contribution in [3.05, 3.63) is 59.7 Å². The van der Waals surface area contributed by atoms with E-state index in [4.69, 9.17) is 0 Å². The molecule has 120 valence electrons. The number of benzene rings is 2. The molecule has 1 aliphatic rings. The quantitative estimate of drug-likeness (QED) is 0.604. The SMILES string of the molecule is O=C(CSc1ccc2c(c1)CCC2)NCCSc1ccccc1. The second-order valence-corrected chi connectivity index (χ2v) is 7.80. The summed E-state index contributed by atoms with van der Waals surface area (Å²) in [5, 5.41) is 2.99. The van der Waals surface area contributed by atoms with Crippen LogP contribution in [0.15, 0.2) is 58.3 Å². The summed E-state index contributed by atoms with van der Waals surface area (Å²) in [6.45, 7) is 0.711. The Morgan fingerprint density at radius 2 is 1.78 bits per heavy atom. The van der Waals surface area contributed by atoms with E-state index in [9.17, 15) is 4.79 Å². The van der Waals surface area contributed by atoms with Crippen molar-refractivity contribution in [1.82, 2.24) is 5.32 Å². The van der Waals surface area contributed by atoms with Gasteiger partial charge in [0.1, 0.15) is 0 Å². The topological polar surface area (TPSA) is 29.1 Å². The van der Waals surface area contributed by atoms with Gasteiger partial charge in [0.05, 0.1) is 5.75 Å². The van der Waals surface area contributed by atoms with E-state index in [1.54, 1.807) is 23.5 Å². The van der Waals surface area contributed by atoms with E-state index >= 15 is 0 Å². The van der Waals surface area contributed by atoms with Crippen LogP contribution in [0.5, 0.6) is 0 Å². The Morgan fingerprint density at radius 3 is 2.65 bits per heavy atom. The van der Waals surface area contributed by atoms with Gasteiger partial charge < -0.3 is 5.32 Å². The molecular weight excluding hydrogens is 322 g/mol. The minimum absolute atomic E-state index is 0.115. The molecule has 2 aromatic rings. The molecule has 4 heteroatoms. The van der Waals surface area contributed by atoms with E-state index < -0.39 is 0 Å². The molecule has 0 atom stereocenters. The van der Waals surface area contributed by atoms with Crippen molar-refractivity contribution in [2.24, 2.45) is 0 Å². The molecular formula is C19H21NOS2. The van der Waals surface area contributed by atoms with Crippen LogP contribution in [-0.2, 0) is 17.6 Å². The highest BCUT2D eigenvalue weighted by Gasteiger charge is 2.11. The first-order valence-electron chi connectivity index (χ1n) is 8.00. The van der Waals surface area contributed by atoms with E-state index in [0.29, 0.717) is 12.3 Å². The van der Waals surface area contributed by atoms with Crippen LogP contribution in [0.25, 0.3) is 0 Å². The molecule has 0 aliphatic heterocycles. The molecule has 0 heterocycles. The Labute approximate surface area is 146 Å². The van der Waals surface area contributed by atoms with Gasteiger partial charge in [0, 0.05) is 22.1 Å². The predicted octanol–water partition coefficient (Wildman–Crippen LogP) is 4.18. The zero-order chi connectivity index (χ0) is 15.9. The van der Waals surface area contributed by atoms with Gasteiger partial charge in [-0.05, 0) is 54.7 Å². The lowest BCUT2D eigenvalue weighted by atomic mass is 10.1. The lowest BCUT2D eigenvalue weighted by Gasteiger charge is -2.07. The Kier molecular flexibility index (Phi) is 6.06. The molecule has 0 unspecified atom stereocenters. The second kappa shape index (κ2) is 8.46. The fourth-order valence-electron chi connectivity index (χ4n) is 2.71.